The molecule has 5 rings (SSSR count). The highest BCUT2D eigenvalue weighted by Gasteiger charge is 2.27. The summed E-state index contributed by atoms with van der Waals surface area (Å²) >= 11 is 0. The van der Waals surface area contributed by atoms with Gasteiger partial charge in [0.15, 0.2) is 0 Å². The van der Waals surface area contributed by atoms with Crippen LogP contribution in [0.5, 0.6) is 0 Å². The lowest BCUT2D eigenvalue weighted by Crippen LogP contribution is -2.33. The average molecular weight is 481 g/mol. The quantitative estimate of drug-likeness (QED) is 0.438. The zero-order chi connectivity index (χ0) is 25.1. The molecule has 0 radical (unpaired) electrons. The number of nitrogens with zero attached hydrogens (tertiary/aromatic N) is 4. The van der Waals surface area contributed by atoms with Crippen molar-refractivity contribution in [2.24, 2.45) is 13.0 Å². The molecule has 3 N–H and O–H groups in total. The molecule has 1 atom stereocenters. The number of aryl methyl sites for hydroxylation is 1. The fraction of sp³-hybridized carbons (Fsp3) is 0.214. The molecule has 2 amide bonds. The van der Waals surface area contributed by atoms with Gasteiger partial charge in [0.2, 0.25) is 0 Å². The second-order valence-corrected chi connectivity index (χ2v) is 9.12. The summed E-state index contributed by atoms with van der Waals surface area (Å²) in [5.74, 6) is 0.0952. The zero-order valence-electron chi connectivity index (χ0n) is 20.1. The molecule has 1 aliphatic rings. The fourth-order valence-electron chi connectivity index (χ4n) is 4.55. The Morgan fingerprint density at radius 1 is 1.00 bits per heavy atom. The molecule has 0 bridgehead atoms. The van der Waals surface area contributed by atoms with Gasteiger partial charge in [0, 0.05) is 55.8 Å². The summed E-state index contributed by atoms with van der Waals surface area (Å²) in [5, 5.41) is 7.14. The predicted molar refractivity (Wildman–Crippen MR) is 139 cm³/mol. The summed E-state index contributed by atoms with van der Waals surface area (Å²) in [5.41, 5.74) is 10.7. The summed E-state index contributed by atoms with van der Waals surface area (Å²) in [7, 11) is 1.83. The van der Waals surface area contributed by atoms with Gasteiger partial charge in [-0.3, -0.25) is 14.3 Å². The predicted octanol–water partition coefficient (Wildman–Crippen LogP) is 3.62. The van der Waals surface area contributed by atoms with Crippen molar-refractivity contribution in [3.05, 3.63) is 90.4 Å². The first kappa shape index (κ1) is 23.3. The molecule has 2 aromatic heterocycles. The molecule has 1 aliphatic heterocycles. The molecule has 8 heteroatoms. The van der Waals surface area contributed by atoms with Crippen molar-refractivity contribution in [3.63, 3.8) is 0 Å². The van der Waals surface area contributed by atoms with E-state index in [1.165, 1.54) is 0 Å². The molecule has 2 aromatic carbocycles. The number of anilines is 1. The Bertz CT molecular complexity index is 1400. The van der Waals surface area contributed by atoms with Crippen molar-refractivity contribution in [2.75, 3.05) is 25.4 Å². The third-order valence-electron chi connectivity index (χ3n) is 6.54. The minimum absolute atomic E-state index is 0.0132. The highest BCUT2D eigenvalue weighted by Crippen LogP contribution is 2.24. The van der Waals surface area contributed by atoms with Gasteiger partial charge >= 0.3 is 0 Å². The molecule has 0 aliphatic carbocycles. The molecule has 8 nitrogen and oxygen atoms in total. The van der Waals surface area contributed by atoms with E-state index in [2.05, 4.69) is 15.4 Å². The molecule has 4 aromatic rings. The minimum atomic E-state index is -0.272. The molecular formula is C28H28N6O2. The van der Waals surface area contributed by atoms with Crippen LogP contribution in [0.15, 0.2) is 79.3 Å². The maximum atomic E-state index is 13.2. The van der Waals surface area contributed by atoms with E-state index in [9.17, 15) is 9.59 Å². The Morgan fingerprint density at radius 3 is 2.58 bits per heavy atom. The molecule has 0 saturated carbocycles. The van der Waals surface area contributed by atoms with Crippen molar-refractivity contribution in [1.29, 1.82) is 0 Å². The van der Waals surface area contributed by atoms with Crippen molar-refractivity contribution in [3.8, 4) is 22.3 Å². The summed E-state index contributed by atoms with van der Waals surface area (Å²) in [6.07, 6.45) is 6.04. The van der Waals surface area contributed by atoms with Gasteiger partial charge in [-0.25, -0.2) is 4.98 Å². The van der Waals surface area contributed by atoms with Crippen LogP contribution in [0.3, 0.4) is 0 Å². The van der Waals surface area contributed by atoms with E-state index in [0.29, 0.717) is 30.8 Å². The van der Waals surface area contributed by atoms with E-state index in [0.717, 1.165) is 28.7 Å². The molecule has 1 fully saturated rings. The zero-order valence-corrected chi connectivity index (χ0v) is 20.1. The van der Waals surface area contributed by atoms with Crippen LogP contribution < -0.4 is 11.1 Å². The standard InChI is InChI=1S/C28H28N6O2/c1-33-18-24(16-32-33)23-13-25(26(29)30-15-23)27(35)31-14-19-10-11-34(17-19)28(36)22-9-5-8-21(12-22)20-6-3-2-4-7-20/h2-9,12-13,15-16,18-19H,10-11,14,17H2,1H3,(H2,29,30)(H,31,35). The number of aromatic nitrogens is 3. The smallest absolute Gasteiger partial charge is 0.255 e. The lowest BCUT2D eigenvalue weighted by Gasteiger charge is -2.17. The first-order valence-corrected chi connectivity index (χ1v) is 12.0. The number of nitrogens with one attached hydrogen (secondary N) is 1. The average Bonchev–Trinajstić information content (AvgIpc) is 3.57. The van der Waals surface area contributed by atoms with E-state index >= 15 is 0 Å². The molecule has 182 valence electrons. The number of pyridine rings is 1. The molecule has 1 saturated heterocycles. The largest absolute Gasteiger partial charge is 0.383 e. The third kappa shape index (κ3) is 4.98. The topological polar surface area (TPSA) is 106 Å². The number of rotatable bonds is 6. The van der Waals surface area contributed by atoms with Crippen molar-refractivity contribution >= 4 is 17.6 Å². The normalized spacial score (nSPS) is 15.1. The molecule has 0 spiro atoms. The Morgan fingerprint density at radius 2 is 1.81 bits per heavy atom. The van der Waals surface area contributed by atoms with Crippen LogP contribution in [-0.4, -0.2) is 51.1 Å². The molecule has 1 unspecified atom stereocenters. The SMILES string of the molecule is Cn1cc(-c2cnc(N)c(C(=O)NCC3CCN(C(=O)c4cccc(-c5ccccc5)c4)C3)c2)cn1. The summed E-state index contributed by atoms with van der Waals surface area (Å²) in [6.45, 7) is 1.72. The molecule has 3 heterocycles. The van der Waals surface area contributed by atoms with Crippen LogP contribution in [-0.2, 0) is 7.05 Å². The van der Waals surface area contributed by atoms with Crippen molar-refractivity contribution in [1.82, 2.24) is 25.0 Å². The second-order valence-electron chi connectivity index (χ2n) is 9.12. The van der Waals surface area contributed by atoms with E-state index in [4.69, 9.17) is 5.73 Å². The minimum Gasteiger partial charge on any atom is -0.383 e. The summed E-state index contributed by atoms with van der Waals surface area (Å²) < 4.78 is 1.69. The number of amides is 2. The van der Waals surface area contributed by atoms with E-state index in [1.807, 2.05) is 72.7 Å². The highest BCUT2D eigenvalue weighted by molar-refractivity contribution is 5.99. The monoisotopic (exact) mass is 480 g/mol. The Labute approximate surface area is 209 Å². The molecule has 36 heavy (non-hydrogen) atoms. The van der Waals surface area contributed by atoms with Gasteiger partial charge in [-0.2, -0.15) is 5.10 Å². The van der Waals surface area contributed by atoms with Gasteiger partial charge in [-0.05, 0) is 41.7 Å². The van der Waals surface area contributed by atoms with Gasteiger partial charge in [0.25, 0.3) is 11.8 Å². The van der Waals surface area contributed by atoms with Gasteiger partial charge in [-0.15, -0.1) is 0 Å². The fourth-order valence-corrected chi connectivity index (χ4v) is 4.55. The Hall–Kier alpha value is -4.46. The van der Waals surface area contributed by atoms with Crippen LogP contribution >= 0.6 is 0 Å². The highest BCUT2D eigenvalue weighted by atomic mass is 16.2. The number of hydrogen-bond acceptors (Lipinski definition) is 5. The van der Waals surface area contributed by atoms with Crippen LogP contribution in [0.2, 0.25) is 0 Å². The number of carbonyl (C=O) groups is 2. The van der Waals surface area contributed by atoms with Gasteiger partial charge in [-0.1, -0.05) is 42.5 Å². The van der Waals surface area contributed by atoms with E-state index in [1.54, 1.807) is 23.1 Å². The van der Waals surface area contributed by atoms with Gasteiger partial charge < -0.3 is 16.0 Å². The maximum absolute atomic E-state index is 13.2. The summed E-state index contributed by atoms with van der Waals surface area (Å²) in [6, 6.07) is 19.5. The lowest BCUT2D eigenvalue weighted by molar-refractivity contribution is 0.0787. The van der Waals surface area contributed by atoms with Gasteiger partial charge in [0.1, 0.15) is 5.82 Å². The van der Waals surface area contributed by atoms with E-state index < -0.39 is 0 Å². The number of nitrogen functional groups attached to an aromatic ring is 1. The third-order valence-corrected chi connectivity index (χ3v) is 6.54. The van der Waals surface area contributed by atoms with Crippen LogP contribution in [0.4, 0.5) is 5.82 Å². The number of hydrogen-bond donors (Lipinski definition) is 2. The van der Waals surface area contributed by atoms with Crippen molar-refractivity contribution in [2.45, 2.75) is 6.42 Å². The van der Waals surface area contributed by atoms with Gasteiger partial charge in [0.05, 0.1) is 11.8 Å². The first-order chi connectivity index (χ1) is 17.5. The van der Waals surface area contributed by atoms with Crippen LogP contribution in [0.1, 0.15) is 27.1 Å². The second kappa shape index (κ2) is 10.0. The molecular weight excluding hydrogens is 452 g/mol. The number of likely N-dealkylation sites (tertiary alicyclic amines) is 1. The Balaban J connectivity index is 1.20. The van der Waals surface area contributed by atoms with Crippen molar-refractivity contribution < 1.29 is 9.59 Å². The first-order valence-electron chi connectivity index (χ1n) is 12.0. The van der Waals surface area contributed by atoms with Crippen LogP contribution in [0, 0.1) is 5.92 Å². The van der Waals surface area contributed by atoms with Crippen LogP contribution in [0.25, 0.3) is 22.3 Å². The lowest BCUT2D eigenvalue weighted by atomic mass is 10.0. The Kier molecular flexibility index (Phi) is 6.49. The number of benzene rings is 2. The number of nitrogens with two attached hydrogens (primary N) is 1. The maximum Gasteiger partial charge on any atom is 0.255 e. The summed E-state index contributed by atoms with van der Waals surface area (Å²) in [4.78, 5) is 32.1. The number of carbonyl (C=O) groups excluding carboxylic acids is 2. The van der Waals surface area contributed by atoms with E-state index in [-0.39, 0.29) is 23.6 Å².